The maximum Gasteiger partial charge on any atom is 0.490 e. The van der Waals surface area contributed by atoms with E-state index in [0.29, 0.717) is 0 Å². The Balaban J connectivity index is 1.80. The summed E-state index contributed by atoms with van der Waals surface area (Å²) in [5, 5.41) is 20.8. The fourth-order valence-electron chi connectivity index (χ4n) is 3.25. The Morgan fingerprint density at radius 3 is 2.35 bits per heavy atom. The van der Waals surface area contributed by atoms with Crippen molar-refractivity contribution in [2.24, 2.45) is 14.1 Å². The average molecular weight is 552 g/mol. The minimum absolute atomic E-state index is 0.0821. The van der Waals surface area contributed by atoms with E-state index < -0.39 is 60.2 Å². The number of anilines is 1. The second kappa shape index (κ2) is 9.15. The largest absolute Gasteiger partial charge is 0.490 e. The van der Waals surface area contributed by atoms with Crippen molar-refractivity contribution in [1.82, 2.24) is 14.1 Å². The summed E-state index contributed by atoms with van der Waals surface area (Å²) < 4.78 is 55.0. The quantitative estimate of drug-likeness (QED) is 0.128. The van der Waals surface area contributed by atoms with E-state index in [0.717, 1.165) is 0 Å². The van der Waals surface area contributed by atoms with Gasteiger partial charge in [0.05, 0.1) is 13.7 Å². The van der Waals surface area contributed by atoms with Crippen molar-refractivity contribution in [2.75, 3.05) is 12.3 Å². The standard InChI is InChI=1S/C12H20N5O14P3/c1-15-4-17(10-6(15)9(20)14-12(13)16(10)2)11-8(19)7(18)5(29-11)3-28-33(24,25)31-34(26,27)30-32(21,22)23/h4-5,7-8,11,18-19H,3H2,1-2H3,(H5-,13,14,20,21,22,23,24,25,26,27)/p+1/t5-,7-,8-,11-/m1/s1. The second-order valence-corrected chi connectivity index (χ2v) is 11.5. The predicted molar refractivity (Wildman–Crippen MR) is 106 cm³/mol. The van der Waals surface area contributed by atoms with Crippen LogP contribution < -0.4 is 15.9 Å². The molecule has 2 aromatic rings. The lowest BCUT2D eigenvalue weighted by atomic mass is 10.1. The molecule has 1 saturated heterocycles. The van der Waals surface area contributed by atoms with Gasteiger partial charge in [0.2, 0.25) is 18.5 Å². The van der Waals surface area contributed by atoms with Gasteiger partial charge in [-0.15, -0.1) is 0 Å². The molecular weight excluding hydrogens is 531 g/mol. The van der Waals surface area contributed by atoms with Gasteiger partial charge in [0.25, 0.3) is 11.2 Å². The summed E-state index contributed by atoms with van der Waals surface area (Å²) in [7, 11) is -13.8. The highest BCUT2D eigenvalue weighted by molar-refractivity contribution is 7.66. The summed E-state index contributed by atoms with van der Waals surface area (Å²) in [4.78, 5) is 51.7. The van der Waals surface area contributed by atoms with Crippen molar-refractivity contribution in [3.63, 3.8) is 0 Å². The van der Waals surface area contributed by atoms with Crippen molar-refractivity contribution < 1.29 is 65.9 Å². The van der Waals surface area contributed by atoms with Gasteiger partial charge >= 0.3 is 29.0 Å². The number of hydrogen-bond donors (Lipinski definition) is 7. The number of phosphoric ester groups is 1. The third-order valence-electron chi connectivity index (χ3n) is 4.62. The lowest BCUT2D eigenvalue weighted by molar-refractivity contribution is -0.646. The topological polar surface area (TPSA) is 279 Å². The zero-order valence-corrected chi connectivity index (χ0v) is 19.9. The molecule has 0 saturated carbocycles. The first kappa shape index (κ1) is 27.0. The molecule has 0 radical (unpaired) electrons. The van der Waals surface area contributed by atoms with Crippen LogP contribution in [0.5, 0.6) is 0 Å². The van der Waals surface area contributed by atoms with E-state index in [1.807, 2.05) is 0 Å². The maximum atomic E-state index is 12.2. The highest BCUT2D eigenvalue weighted by Gasteiger charge is 2.49. The van der Waals surface area contributed by atoms with Crippen LogP contribution in [0.1, 0.15) is 6.23 Å². The molecule has 0 aromatic carbocycles. The van der Waals surface area contributed by atoms with Gasteiger partial charge in [-0.2, -0.15) is 18.2 Å². The number of rotatable bonds is 8. The lowest BCUT2D eigenvalue weighted by Gasteiger charge is -2.18. The van der Waals surface area contributed by atoms with E-state index in [1.165, 1.54) is 34.1 Å². The first-order valence-corrected chi connectivity index (χ1v) is 13.5. The zero-order valence-electron chi connectivity index (χ0n) is 17.3. The van der Waals surface area contributed by atoms with Crippen LogP contribution in [0, 0.1) is 0 Å². The number of phosphoric acid groups is 3. The van der Waals surface area contributed by atoms with E-state index >= 15 is 0 Å². The van der Waals surface area contributed by atoms with Gasteiger partial charge in [0, 0.05) is 7.05 Å². The summed E-state index contributed by atoms with van der Waals surface area (Å²) in [5.41, 5.74) is 5.28. The molecule has 0 amide bonds. The number of aromatic nitrogens is 4. The molecule has 192 valence electrons. The molecule has 19 nitrogen and oxygen atoms in total. The second-order valence-electron chi connectivity index (χ2n) is 7.07. The minimum atomic E-state index is -5.73. The Hall–Kier alpha value is -1.56. The molecule has 22 heteroatoms. The van der Waals surface area contributed by atoms with Gasteiger partial charge in [-0.05, 0) is 0 Å². The van der Waals surface area contributed by atoms with Crippen LogP contribution in [0.4, 0.5) is 5.95 Å². The van der Waals surface area contributed by atoms with Crippen molar-refractivity contribution in [3.05, 3.63) is 16.7 Å². The van der Waals surface area contributed by atoms with Crippen molar-refractivity contribution >= 4 is 40.6 Å². The third kappa shape index (κ3) is 5.63. The monoisotopic (exact) mass is 552 g/mol. The van der Waals surface area contributed by atoms with E-state index in [2.05, 4.69) is 18.1 Å². The summed E-state index contributed by atoms with van der Waals surface area (Å²) in [6, 6.07) is 0. The third-order valence-corrected chi connectivity index (χ3v) is 8.42. The maximum absolute atomic E-state index is 12.2. The van der Waals surface area contributed by atoms with Gasteiger partial charge in [-0.3, -0.25) is 13.9 Å². The normalized spacial score (nSPS) is 27.1. The molecule has 3 heterocycles. The van der Waals surface area contributed by atoms with E-state index in [9.17, 15) is 38.5 Å². The molecule has 0 bridgehead atoms. The summed E-state index contributed by atoms with van der Waals surface area (Å²) in [6.07, 6.45) is -4.91. The number of aryl methyl sites for hydroxylation is 2. The van der Waals surface area contributed by atoms with Crippen LogP contribution in [0.2, 0.25) is 0 Å². The molecule has 0 spiro atoms. The number of fused-ring (bicyclic) bond motifs is 1. The van der Waals surface area contributed by atoms with E-state index in [4.69, 9.17) is 20.3 Å². The SMILES string of the molecule is Cn1c(N)nc(=O)c2c1n([C@@H]1O[C@H](COP(=O)(O)OP(=O)(O)OP(=O)(O)O)[C@@H](O)[C@H]1O)c[n+]2C. The Kier molecular flexibility index (Phi) is 7.27. The molecule has 1 fully saturated rings. The fourth-order valence-corrected chi connectivity index (χ4v) is 6.28. The molecule has 3 rings (SSSR count). The van der Waals surface area contributed by atoms with Gasteiger partial charge in [0.1, 0.15) is 18.3 Å². The van der Waals surface area contributed by atoms with Gasteiger partial charge < -0.3 is 40.3 Å². The zero-order chi connectivity index (χ0) is 25.8. The van der Waals surface area contributed by atoms with Crippen molar-refractivity contribution in [1.29, 1.82) is 0 Å². The number of aliphatic hydroxyl groups excluding tert-OH is 2. The molecule has 6 atom stereocenters. The number of ether oxygens (including phenoxy) is 1. The Morgan fingerprint density at radius 1 is 1.15 bits per heavy atom. The Labute approximate surface area is 189 Å². The minimum Gasteiger partial charge on any atom is -0.387 e. The number of aliphatic hydroxyl groups is 2. The van der Waals surface area contributed by atoms with Crippen LogP contribution in [-0.4, -0.2) is 68.8 Å². The first-order chi connectivity index (χ1) is 15.4. The molecule has 8 N–H and O–H groups in total. The lowest BCUT2D eigenvalue weighted by Crippen LogP contribution is -2.34. The van der Waals surface area contributed by atoms with Crippen LogP contribution in [-0.2, 0) is 45.7 Å². The summed E-state index contributed by atoms with van der Waals surface area (Å²) >= 11 is 0. The van der Waals surface area contributed by atoms with E-state index in [1.54, 1.807) is 0 Å². The molecule has 1 aliphatic heterocycles. The summed E-state index contributed by atoms with van der Waals surface area (Å²) in [5.74, 6) is -0.158. The average Bonchev–Trinajstić information content (AvgIpc) is 3.13. The van der Waals surface area contributed by atoms with Gasteiger partial charge in [0.15, 0.2) is 0 Å². The summed E-state index contributed by atoms with van der Waals surface area (Å²) in [6.45, 7) is -0.994. The van der Waals surface area contributed by atoms with Gasteiger partial charge in [-0.1, -0.05) is 0 Å². The molecule has 2 aromatic heterocycles. The fraction of sp³-hybridized carbons (Fsp3) is 0.583. The highest BCUT2D eigenvalue weighted by atomic mass is 31.3. The molecule has 0 aliphatic carbocycles. The van der Waals surface area contributed by atoms with Crippen molar-refractivity contribution in [3.8, 4) is 0 Å². The Bertz CT molecular complexity index is 1300. The van der Waals surface area contributed by atoms with Crippen LogP contribution in [0.3, 0.4) is 0 Å². The van der Waals surface area contributed by atoms with Crippen LogP contribution >= 0.6 is 23.5 Å². The highest BCUT2D eigenvalue weighted by Crippen LogP contribution is 2.66. The number of nitrogens with zero attached hydrogens (tertiary/aromatic N) is 4. The van der Waals surface area contributed by atoms with Crippen molar-refractivity contribution in [2.45, 2.75) is 24.5 Å². The number of imidazole rings is 1. The molecular formula is C12H21N5O14P3+. The smallest absolute Gasteiger partial charge is 0.387 e. The van der Waals surface area contributed by atoms with Gasteiger partial charge in [-0.25, -0.2) is 18.3 Å². The number of nitrogen functional groups attached to an aromatic ring is 1. The molecule has 34 heavy (non-hydrogen) atoms. The number of nitrogens with two attached hydrogens (primary N) is 1. The first-order valence-electron chi connectivity index (χ1n) is 8.95. The predicted octanol–water partition coefficient (Wildman–Crippen LogP) is -2.90. The van der Waals surface area contributed by atoms with Crippen LogP contribution in [0.25, 0.3) is 11.2 Å². The number of hydrogen-bond acceptors (Lipinski definition) is 12. The van der Waals surface area contributed by atoms with Crippen LogP contribution in [0.15, 0.2) is 11.1 Å². The Morgan fingerprint density at radius 2 is 1.76 bits per heavy atom. The van der Waals surface area contributed by atoms with E-state index in [-0.39, 0.29) is 17.1 Å². The molecule has 1 aliphatic rings. The molecule has 2 unspecified atom stereocenters.